The summed E-state index contributed by atoms with van der Waals surface area (Å²) in [6.45, 7) is 2.26. The minimum Gasteiger partial charge on any atom is -0.493 e. The summed E-state index contributed by atoms with van der Waals surface area (Å²) < 4.78 is 32.6. The Balaban J connectivity index is 2.14. The van der Waals surface area contributed by atoms with Crippen LogP contribution in [-0.4, -0.2) is 35.6 Å². The van der Waals surface area contributed by atoms with Crippen molar-refractivity contribution >= 4 is 9.84 Å². The first-order chi connectivity index (χ1) is 12.3. The van der Waals surface area contributed by atoms with Gasteiger partial charge in [-0.05, 0) is 19.1 Å². The summed E-state index contributed by atoms with van der Waals surface area (Å²) in [6.07, 6.45) is 6.17. The minimum absolute atomic E-state index is 0.174. The molecule has 0 atom stereocenters. The van der Waals surface area contributed by atoms with Gasteiger partial charge in [-0.15, -0.1) is 0 Å². The van der Waals surface area contributed by atoms with Crippen LogP contribution in [0.25, 0.3) is 16.8 Å². The third kappa shape index (κ3) is 3.41. The number of benzene rings is 1. The van der Waals surface area contributed by atoms with Crippen molar-refractivity contribution in [2.75, 3.05) is 12.9 Å². The van der Waals surface area contributed by atoms with Crippen LogP contribution in [-0.2, 0) is 16.9 Å². The first-order valence-corrected chi connectivity index (χ1v) is 9.88. The molecule has 2 aromatic heterocycles. The molecule has 0 saturated heterocycles. The number of ether oxygens (including phenoxy) is 1. The molecular formula is C18H19N3O4S. The van der Waals surface area contributed by atoms with E-state index in [9.17, 15) is 13.2 Å². The average Bonchev–Trinajstić information content (AvgIpc) is 3.07. The fourth-order valence-electron chi connectivity index (χ4n) is 2.66. The molecule has 0 aliphatic heterocycles. The van der Waals surface area contributed by atoms with E-state index in [4.69, 9.17) is 4.74 Å². The Bertz CT molecular complexity index is 1110. The summed E-state index contributed by atoms with van der Waals surface area (Å²) >= 11 is 0. The van der Waals surface area contributed by atoms with E-state index >= 15 is 0 Å². The van der Waals surface area contributed by atoms with Gasteiger partial charge in [-0.25, -0.2) is 13.1 Å². The van der Waals surface area contributed by atoms with E-state index in [2.05, 4.69) is 5.10 Å². The largest absolute Gasteiger partial charge is 0.493 e. The molecule has 0 saturated carbocycles. The lowest BCUT2D eigenvalue weighted by Gasteiger charge is -2.10. The van der Waals surface area contributed by atoms with Crippen LogP contribution in [0.5, 0.6) is 5.75 Å². The van der Waals surface area contributed by atoms with Crippen molar-refractivity contribution in [1.82, 2.24) is 14.3 Å². The van der Waals surface area contributed by atoms with E-state index in [1.165, 1.54) is 15.3 Å². The Morgan fingerprint density at radius 2 is 1.92 bits per heavy atom. The number of rotatable bonds is 5. The van der Waals surface area contributed by atoms with Crippen molar-refractivity contribution in [3.05, 3.63) is 59.3 Å². The molecule has 7 nitrogen and oxygen atoms in total. The summed E-state index contributed by atoms with van der Waals surface area (Å²) in [4.78, 5) is 12.1. The molecule has 1 aromatic carbocycles. The van der Waals surface area contributed by atoms with Crippen LogP contribution < -0.4 is 10.3 Å². The van der Waals surface area contributed by atoms with Crippen molar-refractivity contribution in [3.63, 3.8) is 0 Å². The Hall–Kier alpha value is -2.87. The molecule has 0 amide bonds. The third-order valence-corrected chi connectivity index (χ3v) is 5.04. The molecule has 136 valence electrons. The maximum Gasteiger partial charge on any atom is 0.254 e. The number of aromatic nitrogens is 3. The quantitative estimate of drug-likeness (QED) is 0.683. The monoisotopic (exact) mass is 373 g/mol. The third-order valence-electron chi connectivity index (χ3n) is 3.90. The van der Waals surface area contributed by atoms with Crippen LogP contribution in [0.1, 0.15) is 6.92 Å². The molecule has 8 heteroatoms. The van der Waals surface area contributed by atoms with E-state index in [1.54, 1.807) is 49.9 Å². The molecule has 0 N–H and O–H groups in total. The number of aryl methyl sites for hydroxylation is 1. The highest BCUT2D eigenvalue weighted by Gasteiger charge is 2.16. The fraction of sp³-hybridized carbons (Fsp3) is 0.222. The Morgan fingerprint density at radius 1 is 1.19 bits per heavy atom. The SMILES string of the molecule is CCOc1cc(=O)n(C)cc1-c1cnn(-c2ccccc2S(C)(=O)=O)c1. The van der Waals surface area contributed by atoms with Gasteiger partial charge in [0, 0.05) is 42.9 Å². The summed E-state index contributed by atoms with van der Waals surface area (Å²) in [5, 5.41) is 4.30. The highest BCUT2D eigenvalue weighted by Crippen LogP contribution is 2.29. The van der Waals surface area contributed by atoms with Crippen LogP contribution >= 0.6 is 0 Å². The van der Waals surface area contributed by atoms with Gasteiger partial charge in [0.1, 0.15) is 5.75 Å². The zero-order chi connectivity index (χ0) is 18.9. The van der Waals surface area contributed by atoms with Crippen molar-refractivity contribution in [2.24, 2.45) is 7.05 Å². The Morgan fingerprint density at radius 3 is 2.62 bits per heavy atom. The first kappa shape index (κ1) is 17.9. The molecule has 26 heavy (non-hydrogen) atoms. The topological polar surface area (TPSA) is 83.2 Å². The molecule has 0 radical (unpaired) electrons. The van der Waals surface area contributed by atoms with Crippen LogP contribution in [0.4, 0.5) is 0 Å². The van der Waals surface area contributed by atoms with Gasteiger partial charge in [0.15, 0.2) is 9.84 Å². The zero-order valence-corrected chi connectivity index (χ0v) is 15.5. The zero-order valence-electron chi connectivity index (χ0n) is 14.7. The second-order valence-corrected chi connectivity index (χ2v) is 7.83. The summed E-state index contributed by atoms with van der Waals surface area (Å²) in [5.41, 5.74) is 1.71. The van der Waals surface area contributed by atoms with Gasteiger partial charge in [0.25, 0.3) is 5.56 Å². The number of nitrogens with zero attached hydrogens (tertiary/aromatic N) is 3. The van der Waals surface area contributed by atoms with E-state index in [0.717, 1.165) is 6.26 Å². The van der Waals surface area contributed by atoms with Crippen LogP contribution in [0.2, 0.25) is 0 Å². The van der Waals surface area contributed by atoms with E-state index in [1.807, 2.05) is 6.92 Å². The molecule has 0 aliphatic rings. The van der Waals surface area contributed by atoms with Gasteiger partial charge in [0.05, 0.1) is 23.4 Å². The van der Waals surface area contributed by atoms with E-state index < -0.39 is 9.84 Å². The molecule has 0 unspecified atom stereocenters. The van der Waals surface area contributed by atoms with Gasteiger partial charge < -0.3 is 9.30 Å². The van der Waals surface area contributed by atoms with Gasteiger partial charge in [-0.2, -0.15) is 5.10 Å². The number of sulfone groups is 1. The number of para-hydroxylation sites is 1. The summed E-state index contributed by atoms with van der Waals surface area (Å²) in [5.74, 6) is 0.464. The Kier molecular flexibility index (Phi) is 4.69. The number of pyridine rings is 1. The Labute approximate surface area is 151 Å². The molecule has 0 bridgehead atoms. The fourth-order valence-corrected chi connectivity index (χ4v) is 3.53. The molecule has 2 heterocycles. The number of hydrogen-bond donors (Lipinski definition) is 0. The number of hydrogen-bond acceptors (Lipinski definition) is 5. The van der Waals surface area contributed by atoms with Crippen molar-refractivity contribution < 1.29 is 13.2 Å². The summed E-state index contributed by atoms with van der Waals surface area (Å²) in [7, 11) is -1.74. The molecule has 0 aliphatic carbocycles. The minimum atomic E-state index is -3.40. The van der Waals surface area contributed by atoms with Gasteiger partial charge in [-0.3, -0.25) is 4.79 Å². The van der Waals surface area contributed by atoms with Gasteiger partial charge in [-0.1, -0.05) is 12.1 Å². The van der Waals surface area contributed by atoms with Crippen LogP contribution in [0, 0.1) is 0 Å². The lowest BCUT2D eigenvalue weighted by Crippen LogP contribution is -2.15. The lowest BCUT2D eigenvalue weighted by molar-refractivity contribution is 0.340. The molecular weight excluding hydrogens is 354 g/mol. The molecule has 0 spiro atoms. The highest BCUT2D eigenvalue weighted by atomic mass is 32.2. The predicted molar refractivity (Wildman–Crippen MR) is 98.5 cm³/mol. The second kappa shape index (κ2) is 6.80. The van der Waals surface area contributed by atoms with E-state index in [-0.39, 0.29) is 10.5 Å². The molecule has 3 aromatic rings. The smallest absolute Gasteiger partial charge is 0.254 e. The summed E-state index contributed by atoms with van der Waals surface area (Å²) in [6, 6.07) is 8.09. The average molecular weight is 373 g/mol. The maximum atomic E-state index is 12.0. The normalized spacial score (nSPS) is 11.5. The molecule has 0 fully saturated rings. The van der Waals surface area contributed by atoms with E-state index in [0.29, 0.717) is 29.2 Å². The standard InChI is InChI=1S/C18H19N3O4S/c1-4-25-16-9-18(22)20(2)12-14(16)13-10-19-21(11-13)15-7-5-6-8-17(15)26(3,23)24/h5-12H,4H2,1-3H3. The van der Waals surface area contributed by atoms with Crippen LogP contribution in [0.3, 0.4) is 0 Å². The van der Waals surface area contributed by atoms with Crippen LogP contribution in [0.15, 0.2) is 58.6 Å². The van der Waals surface area contributed by atoms with Gasteiger partial charge in [0.2, 0.25) is 0 Å². The van der Waals surface area contributed by atoms with Crippen molar-refractivity contribution in [3.8, 4) is 22.6 Å². The highest BCUT2D eigenvalue weighted by molar-refractivity contribution is 7.90. The first-order valence-electron chi connectivity index (χ1n) is 7.99. The molecule has 3 rings (SSSR count). The second-order valence-electron chi connectivity index (χ2n) is 5.85. The lowest BCUT2D eigenvalue weighted by atomic mass is 10.1. The predicted octanol–water partition coefficient (Wildman–Crippen LogP) is 2.04. The van der Waals surface area contributed by atoms with Crippen molar-refractivity contribution in [2.45, 2.75) is 11.8 Å². The van der Waals surface area contributed by atoms with Gasteiger partial charge >= 0.3 is 0 Å². The van der Waals surface area contributed by atoms with Crippen molar-refractivity contribution in [1.29, 1.82) is 0 Å². The maximum absolute atomic E-state index is 12.0.